The van der Waals surface area contributed by atoms with Crippen LogP contribution in [-0.4, -0.2) is 43.6 Å². The molecule has 1 saturated carbocycles. The van der Waals surface area contributed by atoms with Gasteiger partial charge in [-0.2, -0.15) is 0 Å². The van der Waals surface area contributed by atoms with Crippen LogP contribution >= 0.6 is 11.3 Å². The fourth-order valence-corrected chi connectivity index (χ4v) is 3.86. The number of thiophene rings is 1. The molecule has 0 spiro atoms. The summed E-state index contributed by atoms with van der Waals surface area (Å²) >= 11 is 1.35. The molecule has 2 fully saturated rings. The molecule has 1 atom stereocenters. The Kier molecular flexibility index (Phi) is 5.93. The van der Waals surface area contributed by atoms with Crippen molar-refractivity contribution in [2.75, 3.05) is 25.1 Å². The van der Waals surface area contributed by atoms with Gasteiger partial charge in [0.05, 0.1) is 11.7 Å². The average Bonchev–Trinajstić information content (AvgIpc) is 3.27. The number of ether oxygens (including phenoxy) is 2. The summed E-state index contributed by atoms with van der Waals surface area (Å²) in [5.41, 5.74) is 1.11. The van der Waals surface area contributed by atoms with E-state index in [1.54, 1.807) is 0 Å². The van der Waals surface area contributed by atoms with Crippen LogP contribution in [0.25, 0.3) is 0 Å². The average molecular weight is 380 g/mol. The number of carbonyl (C=O) groups excluding carboxylic acids is 3. The van der Waals surface area contributed by atoms with E-state index < -0.39 is 5.97 Å². The topological polar surface area (TPSA) is 93.7 Å². The number of hydrogen-bond acceptors (Lipinski definition) is 6. The lowest BCUT2D eigenvalue weighted by Gasteiger charge is -2.11. The van der Waals surface area contributed by atoms with E-state index in [2.05, 4.69) is 10.6 Å². The number of amides is 2. The molecule has 1 saturated heterocycles. The summed E-state index contributed by atoms with van der Waals surface area (Å²) in [5.74, 6) is -0.966. The summed E-state index contributed by atoms with van der Waals surface area (Å²) in [6.07, 6.45) is 3.75. The van der Waals surface area contributed by atoms with Gasteiger partial charge in [0.1, 0.15) is 5.00 Å². The van der Waals surface area contributed by atoms with E-state index in [1.807, 2.05) is 13.8 Å². The molecule has 0 radical (unpaired) electrons. The van der Waals surface area contributed by atoms with Crippen LogP contribution in [0.15, 0.2) is 0 Å². The summed E-state index contributed by atoms with van der Waals surface area (Å²) in [6, 6.07) is 0. The predicted molar refractivity (Wildman–Crippen MR) is 97.4 cm³/mol. The highest BCUT2D eigenvalue weighted by molar-refractivity contribution is 7.16. The zero-order valence-electron chi connectivity index (χ0n) is 15.1. The van der Waals surface area contributed by atoms with Crippen molar-refractivity contribution < 1.29 is 23.9 Å². The van der Waals surface area contributed by atoms with Gasteiger partial charge in [-0.15, -0.1) is 11.3 Å². The van der Waals surface area contributed by atoms with Gasteiger partial charge in [-0.1, -0.05) is 0 Å². The first-order valence-corrected chi connectivity index (χ1v) is 9.73. The molecular weight excluding hydrogens is 356 g/mol. The van der Waals surface area contributed by atoms with Crippen molar-refractivity contribution >= 4 is 34.1 Å². The molecule has 1 aromatic rings. The molecule has 2 heterocycles. The van der Waals surface area contributed by atoms with Crippen LogP contribution in [0.3, 0.4) is 0 Å². The number of carbonyl (C=O) groups is 3. The van der Waals surface area contributed by atoms with Gasteiger partial charge in [-0.25, -0.2) is 4.79 Å². The highest BCUT2D eigenvalue weighted by atomic mass is 32.1. The van der Waals surface area contributed by atoms with Crippen LogP contribution in [0.4, 0.5) is 5.00 Å². The second kappa shape index (κ2) is 8.18. The summed E-state index contributed by atoms with van der Waals surface area (Å²) in [4.78, 5) is 37.3. The molecule has 26 heavy (non-hydrogen) atoms. The maximum atomic E-state index is 12.5. The highest BCUT2D eigenvalue weighted by Gasteiger charge is 2.31. The zero-order chi connectivity index (χ0) is 18.7. The Balaban J connectivity index is 1.54. The first-order valence-electron chi connectivity index (χ1n) is 8.92. The maximum Gasteiger partial charge on any atom is 0.341 e. The van der Waals surface area contributed by atoms with E-state index in [-0.39, 0.29) is 30.4 Å². The van der Waals surface area contributed by atoms with Gasteiger partial charge in [0.25, 0.3) is 5.91 Å². The van der Waals surface area contributed by atoms with Crippen molar-refractivity contribution in [3.63, 3.8) is 0 Å². The monoisotopic (exact) mass is 380 g/mol. The molecule has 0 aromatic carbocycles. The largest absolute Gasteiger partial charge is 0.452 e. The van der Waals surface area contributed by atoms with E-state index in [1.165, 1.54) is 11.3 Å². The van der Waals surface area contributed by atoms with Crippen LogP contribution in [-0.2, 0) is 19.1 Å². The lowest BCUT2D eigenvalue weighted by molar-refractivity contribution is -0.124. The Bertz CT molecular complexity index is 705. The van der Waals surface area contributed by atoms with Crippen molar-refractivity contribution in [3.8, 4) is 0 Å². The SMILES string of the molecule is Cc1sc(NC(=O)C2CC2)c(C(=O)OCC(=O)NC[C@@H]2CCCO2)c1C. The Morgan fingerprint density at radius 1 is 1.23 bits per heavy atom. The first kappa shape index (κ1) is 18.8. The molecule has 0 unspecified atom stereocenters. The normalized spacial score (nSPS) is 19.2. The number of aryl methyl sites for hydroxylation is 1. The molecule has 2 N–H and O–H groups in total. The van der Waals surface area contributed by atoms with E-state index in [9.17, 15) is 14.4 Å². The number of hydrogen-bond donors (Lipinski definition) is 2. The van der Waals surface area contributed by atoms with Crippen LogP contribution in [0.5, 0.6) is 0 Å². The second-order valence-electron chi connectivity index (χ2n) is 6.77. The number of rotatable bonds is 7. The lowest BCUT2D eigenvalue weighted by Crippen LogP contribution is -2.34. The first-order chi connectivity index (χ1) is 12.5. The molecule has 142 valence electrons. The minimum Gasteiger partial charge on any atom is -0.452 e. The summed E-state index contributed by atoms with van der Waals surface area (Å²) < 4.78 is 10.6. The minimum absolute atomic E-state index is 0.0423. The third-order valence-electron chi connectivity index (χ3n) is 4.66. The van der Waals surface area contributed by atoms with Crippen LogP contribution in [0.2, 0.25) is 0 Å². The zero-order valence-corrected chi connectivity index (χ0v) is 15.9. The number of nitrogens with one attached hydrogen (secondary N) is 2. The van der Waals surface area contributed by atoms with Crippen molar-refractivity contribution in [1.29, 1.82) is 0 Å². The molecule has 7 nitrogen and oxygen atoms in total. The summed E-state index contributed by atoms with van der Waals surface area (Å²) in [5, 5.41) is 6.04. The smallest absolute Gasteiger partial charge is 0.341 e. The molecule has 2 aliphatic rings. The molecule has 3 rings (SSSR count). The fourth-order valence-electron chi connectivity index (χ4n) is 2.81. The molecule has 0 bridgehead atoms. The number of esters is 1. The van der Waals surface area contributed by atoms with Crippen molar-refractivity contribution in [3.05, 3.63) is 16.0 Å². The van der Waals surface area contributed by atoms with Crippen molar-refractivity contribution in [2.24, 2.45) is 5.92 Å². The molecular formula is C18H24N2O5S. The fraction of sp³-hybridized carbons (Fsp3) is 0.611. The standard InChI is InChI=1S/C18H24N2O5S/c1-10-11(2)26-17(20-16(22)12-5-6-12)15(10)18(23)25-9-14(21)19-8-13-4-3-7-24-13/h12-13H,3-9H2,1-2H3,(H,19,21)(H,20,22)/t13-/m0/s1. The Hall–Kier alpha value is -1.93. The predicted octanol–water partition coefficient (Wildman–Crippen LogP) is 2.17. The molecule has 1 aliphatic heterocycles. The van der Waals surface area contributed by atoms with Gasteiger partial charge in [-0.05, 0) is 45.1 Å². The Labute approximate surface area is 156 Å². The van der Waals surface area contributed by atoms with Gasteiger partial charge in [0.2, 0.25) is 5.91 Å². The van der Waals surface area contributed by atoms with Crippen molar-refractivity contribution in [2.45, 2.75) is 45.6 Å². The van der Waals surface area contributed by atoms with E-state index in [0.29, 0.717) is 17.1 Å². The quantitative estimate of drug-likeness (QED) is 0.707. The second-order valence-corrected chi connectivity index (χ2v) is 7.99. The summed E-state index contributed by atoms with van der Waals surface area (Å²) in [6.45, 7) is 4.50. The minimum atomic E-state index is -0.592. The van der Waals surface area contributed by atoms with Gasteiger partial charge < -0.3 is 20.1 Å². The van der Waals surface area contributed by atoms with Gasteiger partial charge in [0, 0.05) is 23.9 Å². The summed E-state index contributed by atoms with van der Waals surface area (Å²) in [7, 11) is 0. The third-order valence-corrected chi connectivity index (χ3v) is 5.78. The van der Waals surface area contributed by atoms with E-state index in [0.717, 1.165) is 42.7 Å². The highest BCUT2D eigenvalue weighted by Crippen LogP contribution is 2.36. The van der Waals surface area contributed by atoms with Crippen LogP contribution < -0.4 is 10.6 Å². The lowest BCUT2D eigenvalue weighted by atomic mass is 10.1. The van der Waals surface area contributed by atoms with Crippen LogP contribution in [0, 0.1) is 19.8 Å². The van der Waals surface area contributed by atoms with Gasteiger partial charge in [0.15, 0.2) is 6.61 Å². The number of anilines is 1. The molecule has 2 amide bonds. The maximum absolute atomic E-state index is 12.5. The Morgan fingerprint density at radius 2 is 2.00 bits per heavy atom. The van der Waals surface area contributed by atoms with E-state index in [4.69, 9.17) is 9.47 Å². The molecule has 1 aliphatic carbocycles. The Morgan fingerprint density at radius 3 is 2.65 bits per heavy atom. The van der Waals surface area contributed by atoms with E-state index >= 15 is 0 Å². The van der Waals surface area contributed by atoms with Crippen LogP contribution in [0.1, 0.15) is 46.5 Å². The van der Waals surface area contributed by atoms with Crippen molar-refractivity contribution in [1.82, 2.24) is 5.32 Å². The molecule has 8 heteroatoms. The third kappa shape index (κ3) is 4.62. The van der Waals surface area contributed by atoms with Gasteiger partial charge in [-0.3, -0.25) is 9.59 Å². The van der Waals surface area contributed by atoms with Gasteiger partial charge >= 0.3 is 5.97 Å². The molecule has 1 aromatic heterocycles.